The van der Waals surface area contributed by atoms with Gasteiger partial charge in [-0.15, -0.1) is 0 Å². The van der Waals surface area contributed by atoms with Crippen molar-refractivity contribution in [3.05, 3.63) is 29.3 Å². The van der Waals surface area contributed by atoms with Gasteiger partial charge in [0.15, 0.2) is 0 Å². The third-order valence-corrected chi connectivity index (χ3v) is 4.81. The maximum Gasteiger partial charge on any atom is 0.338 e. The number of esters is 1. The molecule has 0 aromatic heterocycles. The lowest BCUT2D eigenvalue weighted by molar-refractivity contribution is 0.0599. The summed E-state index contributed by atoms with van der Waals surface area (Å²) in [6, 6.07) is 3.83. The van der Waals surface area contributed by atoms with Crippen molar-refractivity contribution in [2.24, 2.45) is 0 Å². The van der Waals surface area contributed by atoms with Crippen molar-refractivity contribution < 1.29 is 27.8 Å². The van der Waals surface area contributed by atoms with Gasteiger partial charge in [0.1, 0.15) is 0 Å². The molecule has 1 aromatic rings. The Bertz CT molecular complexity index is 608. The van der Waals surface area contributed by atoms with Crippen LogP contribution in [0.2, 0.25) is 0 Å². The second-order valence-corrected chi connectivity index (χ2v) is 6.39. The molecule has 22 heavy (non-hydrogen) atoms. The molecule has 1 unspecified atom stereocenters. The summed E-state index contributed by atoms with van der Waals surface area (Å²) in [5.74, 6) is -0.599. The number of aliphatic hydroxyl groups is 1. The monoisotopic (exact) mass is 331 g/mol. The van der Waals surface area contributed by atoms with E-state index in [9.17, 15) is 13.2 Å². The van der Waals surface area contributed by atoms with Crippen LogP contribution in [0.1, 0.15) is 22.3 Å². The first-order valence-electron chi connectivity index (χ1n) is 6.67. The van der Waals surface area contributed by atoms with Crippen LogP contribution in [-0.2, 0) is 19.5 Å². The molecule has 0 spiro atoms. The van der Waals surface area contributed by atoms with Gasteiger partial charge in [-0.1, -0.05) is 6.07 Å². The fourth-order valence-corrected chi connectivity index (χ4v) is 3.58. The van der Waals surface area contributed by atoms with Crippen LogP contribution in [0, 0.1) is 6.92 Å². The third-order valence-electron chi connectivity index (χ3n) is 3.15. The Kier molecular flexibility index (Phi) is 6.95. The van der Waals surface area contributed by atoms with Crippen molar-refractivity contribution in [1.29, 1.82) is 0 Å². The number of hydrogen-bond donors (Lipinski definition) is 2. The minimum Gasteiger partial charge on any atom is -0.465 e. The van der Waals surface area contributed by atoms with E-state index in [1.807, 2.05) is 0 Å². The number of methoxy groups -OCH3 is 2. The number of hydrogen-bond acceptors (Lipinski definition) is 6. The SMILES string of the molecule is COCC(CCO)NS(=O)(=O)c1cccc(C(=O)OC)c1C. The number of aliphatic hydroxyl groups excluding tert-OH is 1. The quantitative estimate of drug-likeness (QED) is 0.671. The molecule has 7 nitrogen and oxygen atoms in total. The molecule has 0 aliphatic rings. The Morgan fingerprint density at radius 1 is 1.36 bits per heavy atom. The lowest BCUT2D eigenvalue weighted by Crippen LogP contribution is -2.39. The Morgan fingerprint density at radius 3 is 2.59 bits per heavy atom. The van der Waals surface area contributed by atoms with Crippen LogP contribution in [-0.4, -0.2) is 53.0 Å². The van der Waals surface area contributed by atoms with Crippen molar-refractivity contribution in [2.75, 3.05) is 27.4 Å². The highest BCUT2D eigenvalue weighted by Gasteiger charge is 2.24. The molecule has 0 aliphatic heterocycles. The van der Waals surface area contributed by atoms with Crippen LogP contribution in [0.3, 0.4) is 0 Å². The van der Waals surface area contributed by atoms with E-state index in [2.05, 4.69) is 9.46 Å². The number of benzene rings is 1. The zero-order valence-electron chi connectivity index (χ0n) is 12.8. The molecule has 8 heteroatoms. The van der Waals surface area contributed by atoms with Gasteiger partial charge < -0.3 is 14.6 Å². The second kappa shape index (κ2) is 8.23. The Balaban J connectivity index is 3.14. The summed E-state index contributed by atoms with van der Waals surface area (Å²) in [6.07, 6.45) is 0.225. The van der Waals surface area contributed by atoms with Crippen LogP contribution >= 0.6 is 0 Å². The molecular formula is C14H21NO6S. The molecule has 2 N–H and O–H groups in total. The van der Waals surface area contributed by atoms with E-state index in [1.165, 1.54) is 39.3 Å². The normalized spacial score (nSPS) is 12.9. The van der Waals surface area contributed by atoms with E-state index < -0.39 is 22.0 Å². The zero-order valence-corrected chi connectivity index (χ0v) is 13.6. The summed E-state index contributed by atoms with van der Waals surface area (Å²) < 4.78 is 37.0. The molecule has 0 fully saturated rings. The van der Waals surface area contributed by atoms with Crippen LogP contribution in [0.5, 0.6) is 0 Å². The molecule has 0 saturated carbocycles. The van der Waals surface area contributed by atoms with E-state index >= 15 is 0 Å². The topological polar surface area (TPSA) is 102 Å². The largest absolute Gasteiger partial charge is 0.465 e. The fourth-order valence-electron chi connectivity index (χ4n) is 2.05. The highest BCUT2D eigenvalue weighted by Crippen LogP contribution is 2.20. The van der Waals surface area contributed by atoms with E-state index in [4.69, 9.17) is 9.84 Å². The molecule has 0 bridgehead atoms. The van der Waals surface area contributed by atoms with Crippen LogP contribution < -0.4 is 4.72 Å². The fraction of sp³-hybridized carbons (Fsp3) is 0.500. The predicted molar refractivity (Wildman–Crippen MR) is 80.2 cm³/mol. The summed E-state index contributed by atoms with van der Waals surface area (Å²) in [5.41, 5.74) is 0.498. The second-order valence-electron chi connectivity index (χ2n) is 4.71. The highest BCUT2D eigenvalue weighted by atomic mass is 32.2. The first kappa shape index (κ1) is 18.6. The standard InChI is InChI=1S/C14H21NO6S/c1-10-12(14(17)21-3)5-4-6-13(10)22(18,19)15-11(7-8-16)9-20-2/h4-6,11,15-16H,7-9H2,1-3H3. The minimum atomic E-state index is -3.85. The Hall–Kier alpha value is -1.48. The summed E-state index contributed by atoms with van der Waals surface area (Å²) in [6.45, 7) is 1.51. The molecule has 0 amide bonds. The molecule has 0 saturated heterocycles. The molecule has 1 aromatic carbocycles. The third kappa shape index (κ3) is 4.51. The van der Waals surface area contributed by atoms with E-state index in [0.29, 0.717) is 5.56 Å². The first-order valence-corrected chi connectivity index (χ1v) is 8.15. The maximum atomic E-state index is 12.5. The lowest BCUT2D eigenvalue weighted by atomic mass is 10.1. The van der Waals surface area contributed by atoms with E-state index in [0.717, 1.165) is 0 Å². The smallest absolute Gasteiger partial charge is 0.338 e. The van der Waals surface area contributed by atoms with Gasteiger partial charge in [-0.2, -0.15) is 0 Å². The number of nitrogens with one attached hydrogen (secondary N) is 1. The van der Waals surface area contributed by atoms with Crippen molar-refractivity contribution in [1.82, 2.24) is 4.72 Å². The molecular weight excluding hydrogens is 310 g/mol. The molecule has 0 heterocycles. The predicted octanol–water partition coefficient (Wildman–Crippen LogP) is 0.457. The maximum absolute atomic E-state index is 12.5. The van der Waals surface area contributed by atoms with Gasteiger partial charge in [-0.25, -0.2) is 17.9 Å². The summed E-state index contributed by atoms with van der Waals surface area (Å²) >= 11 is 0. The number of sulfonamides is 1. The average Bonchev–Trinajstić information content (AvgIpc) is 2.46. The summed E-state index contributed by atoms with van der Waals surface area (Å²) in [4.78, 5) is 11.6. The number of carbonyl (C=O) groups excluding carboxylic acids is 1. The van der Waals surface area contributed by atoms with Crippen molar-refractivity contribution >= 4 is 16.0 Å². The Labute approximate surface area is 130 Å². The van der Waals surface area contributed by atoms with Gasteiger partial charge in [0.25, 0.3) is 0 Å². The highest BCUT2D eigenvalue weighted by molar-refractivity contribution is 7.89. The molecule has 0 radical (unpaired) electrons. The van der Waals surface area contributed by atoms with Crippen LogP contribution in [0.15, 0.2) is 23.1 Å². The zero-order chi connectivity index (χ0) is 16.8. The molecule has 124 valence electrons. The molecule has 1 atom stereocenters. The van der Waals surface area contributed by atoms with Gasteiger partial charge in [-0.05, 0) is 31.0 Å². The number of rotatable bonds is 8. The van der Waals surface area contributed by atoms with Gasteiger partial charge in [0.2, 0.25) is 10.0 Å². The average molecular weight is 331 g/mol. The molecule has 1 rings (SSSR count). The number of carbonyl (C=O) groups is 1. The van der Waals surface area contributed by atoms with Crippen molar-refractivity contribution in [2.45, 2.75) is 24.3 Å². The molecule has 0 aliphatic carbocycles. The van der Waals surface area contributed by atoms with Gasteiger partial charge in [0, 0.05) is 19.8 Å². The van der Waals surface area contributed by atoms with Crippen molar-refractivity contribution in [3.63, 3.8) is 0 Å². The lowest BCUT2D eigenvalue weighted by Gasteiger charge is -2.18. The first-order chi connectivity index (χ1) is 10.4. The number of ether oxygens (including phenoxy) is 2. The van der Waals surface area contributed by atoms with Gasteiger partial charge >= 0.3 is 5.97 Å². The van der Waals surface area contributed by atoms with Crippen LogP contribution in [0.25, 0.3) is 0 Å². The van der Waals surface area contributed by atoms with Gasteiger partial charge in [-0.3, -0.25) is 0 Å². The minimum absolute atomic E-state index is 0.00515. The van der Waals surface area contributed by atoms with Crippen molar-refractivity contribution in [3.8, 4) is 0 Å². The summed E-state index contributed by atoms with van der Waals surface area (Å²) in [7, 11) is -1.17. The van der Waals surface area contributed by atoms with E-state index in [1.54, 1.807) is 0 Å². The van der Waals surface area contributed by atoms with Gasteiger partial charge in [0.05, 0.1) is 24.2 Å². The van der Waals surface area contributed by atoms with E-state index in [-0.39, 0.29) is 30.1 Å². The summed E-state index contributed by atoms with van der Waals surface area (Å²) in [5, 5.41) is 8.98. The Morgan fingerprint density at radius 2 is 2.05 bits per heavy atom. The van der Waals surface area contributed by atoms with Crippen LogP contribution in [0.4, 0.5) is 0 Å².